The molecule has 17 rings (SSSR count). The number of amides is 7. The third-order valence-corrected chi connectivity index (χ3v) is 26.4. The summed E-state index contributed by atoms with van der Waals surface area (Å²) in [6.45, 7) is 20.5. The molecule has 8 aromatic carbocycles. The molecule has 7 amide bonds. The van der Waals surface area contributed by atoms with Crippen LogP contribution in [0.3, 0.4) is 0 Å². The van der Waals surface area contributed by atoms with Crippen LogP contribution in [0.1, 0.15) is 187 Å². The standard InChI is InChI=1S/C40H42F2N4O6.C26H24F2N4O2.C21H16ClF2N3O3.C17H25N3O3.C2H3BrO2/c1-39(2,3)52-37(48)27-17-18-45(5)38(49)40(27,4)25-14-11-23(12-15-25)19-30-34-31(44-35(43-30)33-28(41)9-8-10-29(33)42)22-46(36(34)47)21-24-13-16-26(50-6)20-32(24)51-7;1-26(11-4-12-32(2)25(26)34)16-9-7-15(8-10-16)13-19-22-20(14-29-24(22)33)31-23(30-19)21-17(27)5-3-6-18(21)28;1-29-12-7-6-11(16(8-12)30-2)9-27-10-15-18(21(27)28)19(22)26-20(25-15)17-13(23)4-3-5-14(17)24;1-16(2,3)23-15(22)20-11-10-19(5)14(21)17(20,4)12-6-8-13(18)9-7-12;1-2(4)5-3/h8-16,20,27H,17-19,21-22H2,1-7H3;3,5-10H,4,11-14H2,1-2H3,(H,29,33);3-8H,9-10H2,1-2H3;6-9H,10-11,18H2,1-5H3;1H3. The van der Waals surface area contributed by atoms with E-state index in [9.17, 15) is 60.7 Å². The normalized spacial score (nSPS) is 17.9. The summed E-state index contributed by atoms with van der Waals surface area (Å²) in [5.74, 6) is -5.60. The fourth-order valence-electron chi connectivity index (χ4n) is 18.1. The van der Waals surface area contributed by atoms with Gasteiger partial charge in [0.15, 0.2) is 33.7 Å². The highest BCUT2D eigenvalue weighted by atomic mass is 79.9. The molecule has 756 valence electrons. The Balaban J connectivity index is 0.000000165. The van der Waals surface area contributed by atoms with E-state index in [4.69, 9.17) is 45.8 Å². The highest BCUT2D eigenvalue weighted by Gasteiger charge is 2.53. The number of fused-ring (bicyclic) bond motifs is 3. The number of halogens is 8. The average Bonchev–Trinajstić information content (AvgIpc) is 1.28. The molecule has 0 bridgehead atoms. The zero-order chi connectivity index (χ0) is 105. The highest BCUT2D eigenvalue weighted by Crippen LogP contribution is 2.45. The lowest BCUT2D eigenvalue weighted by Gasteiger charge is -2.46. The smallest absolute Gasteiger partial charge is 0.411 e. The second kappa shape index (κ2) is 44.1. The number of hydrogen-bond acceptors (Lipinski definition) is 23. The Morgan fingerprint density at radius 2 is 0.917 bits per heavy atom. The van der Waals surface area contributed by atoms with Crippen molar-refractivity contribution in [3.05, 3.63) is 288 Å². The molecular formula is C106H110BrClF6N14O16. The molecule has 0 aliphatic carbocycles. The largest absolute Gasteiger partial charge is 0.497 e. The Kier molecular flexibility index (Phi) is 32.7. The van der Waals surface area contributed by atoms with Gasteiger partial charge in [-0.05, 0) is 182 Å². The van der Waals surface area contributed by atoms with Crippen LogP contribution in [0.2, 0.25) is 5.15 Å². The summed E-state index contributed by atoms with van der Waals surface area (Å²) < 4.78 is 124. The number of ether oxygens (including phenoxy) is 6. The predicted octanol–water partition coefficient (Wildman–Crippen LogP) is 17.3. The van der Waals surface area contributed by atoms with E-state index in [1.54, 1.807) is 149 Å². The molecule has 4 unspecified atom stereocenters. The van der Waals surface area contributed by atoms with Crippen molar-refractivity contribution in [3.63, 3.8) is 0 Å². The first-order valence-corrected chi connectivity index (χ1v) is 47.0. The summed E-state index contributed by atoms with van der Waals surface area (Å²) in [7, 11) is 11.4. The molecule has 3 fully saturated rings. The molecule has 144 heavy (non-hydrogen) atoms. The Morgan fingerprint density at radius 3 is 1.38 bits per heavy atom. The maximum Gasteiger partial charge on any atom is 0.411 e. The van der Waals surface area contributed by atoms with E-state index in [0.717, 1.165) is 83.6 Å². The van der Waals surface area contributed by atoms with Crippen LogP contribution in [-0.4, -0.2) is 200 Å². The lowest BCUT2D eigenvalue weighted by atomic mass is 9.67. The summed E-state index contributed by atoms with van der Waals surface area (Å²) in [5.41, 5.74) is 8.97. The first-order valence-electron chi connectivity index (χ1n) is 46.0. The zero-order valence-corrected chi connectivity index (χ0v) is 84.9. The number of carbonyl (C=O) groups is 9. The Labute approximate surface area is 842 Å². The van der Waals surface area contributed by atoms with Crippen LogP contribution < -0.4 is 30.0 Å². The molecule has 3 saturated heterocycles. The number of hydrogen-bond donors (Lipinski definition) is 2. The number of nitrogens with zero attached hydrogens (tertiary/aromatic N) is 12. The number of nitrogens with two attached hydrogens (primary N) is 1. The number of benzene rings is 8. The number of aromatic nitrogens is 6. The number of likely N-dealkylation sites (tertiary alicyclic amines) is 2. The maximum absolute atomic E-state index is 15.0. The summed E-state index contributed by atoms with van der Waals surface area (Å²) in [6, 6.07) is 43.1. The first kappa shape index (κ1) is 107. The van der Waals surface area contributed by atoms with Gasteiger partial charge in [-0.25, -0.2) is 61.0 Å². The summed E-state index contributed by atoms with van der Waals surface area (Å²) in [4.78, 5) is 150. The van der Waals surface area contributed by atoms with Crippen molar-refractivity contribution < 1.29 is 102 Å². The van der Waals surface area contributed by atoms with Gasteiger partial charge in [0.2, 0.25) is 11.8 Å². The Hall–Kier alpha value is -14.6. The van der Waals surface area contributed by atoms with Crippen molar-refractivity contribution in [1.29, 1.82) is 0 Å². The van der Waals surface area contributed by atoms with Crippen molar-refractivity contribution in [3.8, 4) is 57.2 Å². The van der Waals surface area contributed by atoms with Gasteiger partial charge in [0.05, 0.1) is 134 Å². The lowest BCUT2D eigenvalue weighted by molar-refractivity contribution is -0.169. The number of esters is 1. The SMILES string of the molecule is CC(=O)OBr.CN1CCCC(C)(c2ccc(Cc3nc(-c4c(F)cccc4F)nc4c3C(=O)NC4)cc2)C1=O.CN1CCN(C(=O)OC(C)(C)C)C(C)(c2ccc(N)cc2)C1=O.COc1ccc(CN2Cc3nc(-c4c(F)cccc4F)nc(Cc4ccc(C5(C)C(=O)N(C)CCC5C(=O)OC(C)(C)C)cc4)c3C2=O)c(OC)c1.COc1ccc(CN2Cc3nc(-c4c(F)cccc4F)nc(Cl)c3C2=O)c(OC)c1. The fraction of sp³-hybridized carbons (Fsp3) is 0.349. The Morgan fingerprint density at radius 1 is 0.493 bits per heavy atom. The molecule has 30 nitrogen and oxygen atoms in total. The minimum absolute atomic E-state index is 0.0826. The number of piperazine rings is 1. The minimum atomic E-state index is -1.18. The second-order valence-electron chi connectivity index (χ2n) is 37.8. The van der Waals surface area contributed by atoms with Gasteiger partial charge in [0.1, 0.15) is 85.4 Å². The molecule has 3 aromatic heterocycles. The molecule has 11 aromatic rings. The molecule has 9 heterocycles. The van der Waals surface area contributed by atoms with Crippen LogP contribution >= 0.6 is 27.9 Å². The van der Waals surface area contributed by atoms with Gasteiger partial charge in [-0.2, -0.15) is 0 Å². The van der Waals surface area contributed by atoms with Crippen LogP contribution in [0.5, 0.6) is 23.0 Å². The Bertz CT molecular complexity index is 6720. The van der Waals surface area contributed by atoms with Gasteiger partial charge in [0, 0.05) is 96.0 Å². The third-order valence-electron chi connectivity index (χ3n) is 25.6. The van der Waals surface area contributed by atoms with Crippen molar-refractivity contribution in [2.24, 2.45) is 5.92 Å². The van der Waals surface area contributed by atoms with Crippen molar-refractivity contribution >= 4 is 87.0 Å². The van der Waals surface area contributed by atoms with Crippen molar-refractivity contribution in [2.45, 2.75) is 162 Å². The molecule has 0 spiro atoms. The number of nitrogen functional groups attached to an aromatic ring is 1. The predicted molar refractivity (Wildman–Crippen MR) is 526 cm³/mol. The van der Waals surface area contributed by atoms with Gasteiger partial charge >= 0.3 is 18.0 Å². The number of rotatable bonds is 19. The fourth-order valence-corrected chi connectivity index (χ4v) is 18.3. The van der Waals surface area contributed by atoms with Crippen molar-refractivity contribution in [2.75, 3.05) is 81.5 Å². The zero-order valence-electron chi connectivity index (χ0n) is 82.6. The van der Waals surface area contributed by atoms with E-state index in [1.807, 2.05) is 77.2 Å². The van der Waals surface area contributed by atoms with Crippen LogP contribution in [0.25, 0.3) is 34.2 Å². The van der Waals surface area contributed by atoms with E-state index >= 15 is 8.78 Å². The first-order chi connectivity index (χ1) is 68.2. The molecular weight excluding hydrogens is 1950 g/mol. The summed E-state index contributed by atoms with van der Waals surface area (Å²) in [6.07, 6.45) is 2.09. The number of nitrogens with one attached hydrogen (secondary N) is 1. The van der Waals surface area contributed by atoms with Crippen LogP contribution in [0.4, 0.5) is 36.8 Å². The number of methoxy groups -OCH3 is 4. The molecule has 38 heteroatoms. The highest BCUT2D eigenvalue weighted by molar-refractivity contribution is 9.06. The number of anilines is 1. The third kappa shape index (κ3) is 23.0. The topological polar surface area (TPSA) is 353 Å². The molecule has 0 radical (unpaired) electrons. The minimum Gasteiger partial charge on any atom is -0.497 e. The monoisotopic (exact) mass is 2060 g/mol. The van der Waals surface area contributed by atoms with E-state index in [2.05, 4.69) is 55.3 Å². The van der Waals surface area contributed by atoms with Crippen LogP contribution in [0.15, 0.2) is 164 Å². The maximum atomic E-state index is 15.0. The van der Waals surface area contributed by atoms with Gasteiger partial charge in [-0.1, -0.05) is 90.5 Å². The van der Waals surface area contributed by atoms with Crippen LogP contribution in [-0.2, 0) is 99.2 Å². The lowest BCUT2D eigenvalue weighted by Crippen LogP contribution is -2.63. The number of likely N-dealkylation sites (N-methyl/N-ethyl adjacent to an activating group) is 3. The number of piperidine rings is 2. The number of carbonyl (C=O) groups excluding carboxylic acids is 9. The average molecular weight is 2070 g/mol. The van der Waals surface area contributed by atoms with Crippen LogP contribution in [0, 0.1) is 40.8 Å². The van der Waals surface area contributed by atoms with E-state index < -0.39 is 80.5 Å². The second-order valence-corrected chi connectivity index (χ2v) is 38.5. The van der Waals surface area contributed by atoms with E-state index in [1.165, 1.54) is 49.1 Å². The molecule has 0 saturated carbocycles. The quantitative estimate of drug-likeness (QED) is 0.0329. The molecule has 6 aliphatic rings. The van der Waals surface area contributed by atoms with Gasteiger partial charge in [-0.3, -0.25) is 43.3 Å². The summed E-state index contributed by atoms with van der Waals surface area (Å²) in [5, 5.41) is 2.57. The summed E-state index contributed by atoms with van der Waals surface area (Å²) >= 11 is 8.67. The van der Waals surface area contributed by atoms with Gasteiger partial charge in [0.25, 0.3) is 23.6 Å². The van der Waals surface area contributed by atoms with Gasteiger partial charge < -0.3 is 67.8 Å². The van der Waals surface area contributed by atoms with Crippen molar-refractivity contribution in [1.82, 2.24) is 64.6 Å². The molecule has 3 N–H and O–H groups in total. The molecule has 4 atom stereocenters. The van der Waals surface area contributed by atoms with E-state index in [-0.39, 0.29) is 137 Å². The van der Waals surface area contributed by atoms with E-state index in [0.29, 0.717) is 99.9 Å². The molecule has 6 aliphatic heterocycles. The van der Waals surface area contributed by atoms with Gasteiger partial charge in [-0.15, -0.1) is 0 Å².